The zero-order valence-corrected chi connectivity index (χ0v) is 10.7. The summed E-state index contributed by atoms with van der Waals surface area (Å²) in [7, 11) is 0. The molecule has 0 heterocycles. The van der Waals surface area contributed by atoms with Crippen molar-refractivity contribution >= 4 is 23.8 Å². The summed E-state index contributed by atoms with van der Waals surface area (Å²) >= 11 is 5.95. The quantitative estimate of drug-likeness (QED) is 0.357. The van der Waals surface area contributed by atoms with Crippen molar-refractivity contribution in [1.29, 1.82) is 0 Å². The SMILES string of the molecule is CCCC(Oc1ccc(C=O)cc1Cl)C(=O)NN. The average molecular weight is 271 g/mol. The minimum atomic E-state index is -0.695. The molecule has 0 fully saturated rings. The predicted octanol–water partition coefficient (Wildman–Crippen LogP) is 1.69. The van der Waals surface area contributed by atoms with E-state index in [1.807, 2.05) is 12.3 Å². The summed E-state index contributed by atoms with van der Waals surface area (Å²) in [5, 5.41) is 0.283. The summed E-state index contributed by atoms with van der Waals surface area (Å²) in [4.78, 5) is 22.0. The van der Waals surface area contributed by atoms with Gasteiger partial charge in [-0.3, -0.25) is 15.0 Å². The molecular formula is C12H15ClN2O3. The van der Waals surface area contributed by atoms with E-state index in [1.54, 1.807) is 12.1 Å². The molecule has 0 saturated carbocycles. The molecule has 0 spiro atoms. The second-order valence-electron chi connectivity index (χ2n) is 3.71. The molecule has 0 aliphatic heterocycles. The number of benzene rings is 1. The van der Waals surface area contributed by atoms with Gasteiger partial charge in [0.25, 0.3) is 5.91 Å². The Balaban J connectivity index is 2.86. The molecule has 6 heteroatoms. The highest BCUT2D eigenvalue weighted by Gasteiger charge is 2.19. The van der Waals surface area contributed by atoms with Gasteiger partial charge in [0.15, 0.2) is 6.10 Å². The number of amides is 1. The van der Waals surface area contributed by atoms with E-state index in [0.717, 1.165) is 6.42 Å². The van der Waals surface area contributed by atoms with Crippen LogP contribution in [0.4, 0.5) is 0 Å². The monoisotopic (exact) mass is 270 g/mol. The van der Waals surface area contributed by atoms with Gasteiger partial charge in [0.05, 0.1) is 5.02 Å². The number of halogens is 1. The Labute approximate surface area is 110 Å². The molecule has 0 radical (unpaired) electrons. The van der Waals surface area contributed by atoms with Crippen LogP contribution in [0.1, 0.15) is 30.1 Å². The normalized spacial score (nSPS) is 11.7. The van der Waals surface area contributed by atoms with Gasteiger partial charge >= 0.3 is 0 Å². The van der Waals surface area contributed by atoms with Gasteiger partial charge in [0.2, 0.25) is 0 Å². The van der Waals surface area contributed by atoms with Gasteiger partial charge in [-0.1, -0.05) is 24.9 Å². The fourth-order valence-corrected chi connectivity index (χ4v) is 1.67. The van der Waals surface area contributed by atoms with Crippen LogP contribution in [-0.2, 0) is 4.79 Å². The van der Waals surface area contributed by atoms with E-state index in [9.17, 15) is 9.59 Å². The molecule has 1 aromatic rings. The number of ether oxygens (including phenoxy) is 1. The van der Waals surface area contributed by atoms with Crippen molar-refractivity contribution in [2.45, 2.75) is 25.9 Å². The van der Waals surface area contributed by atoms with E-state index in [0.29, 0.717) is 24.0 Å². The molecule has 0 saturated heterocycles. The number of hydrazine groups is 1. The van der Waals surface area contributed by atoms with E-state index in [1.165, 1.54) is 6.07 Å². The molecule has 18 heavy (non-hydrogen) atoms. The van der Waals surface area contributed by atoms with Gasteiger partial charge in [-0.2, -0.15) is 0 Å². The van der Waals surface area contributed by atoms with Crippen LogP contribution in [0.25, 0.3) is 0 Å². The fourth-order valence-electron chi connectivity index (χ4n) is 1.44. The summed E-state index contributed by atoms with van der Waals surface area (Å²) in [6.07, 6.45) is 1.28. The lowest BCUT2D eigenvalue weighted by atomic mass is 10.2. The Morgan fingerprint density at radius 2 is 2.33 bits per heavy atom. The number of carbonyl (C=O) groups is 2. The molecule has 1 amide bonds. The topological polar surface area (TPSA) is 81.4 Å². The zero-order valence-electron chi connectivity index (χ0n) is 9.98. The number of nitrogens with one attached hydrogen (secondary N) is 1. The van der Waals surface area contributed by atoms with Gasteiger partial charge in [0, 0.05) is 5.56 Å². The summed E-state index contributed by atoms with van der Waals surface area (Å²) in [6.45, 7) is 1.93. The van der Waals surface area contributed by atoms with Gasteiger partial charge < -0.3 is 4.74 Å². The maximum Gasteiger partial charge on any atom is 0.274 e. The highest BCUT2D eigenvalue weighted by molar-refractivity contribution is 6.32. The zero-order chi connectivity index (χ0) is 13.5. The standard InChI is InChI=1S/C12H15ClN2O3/c1-2-3-11(12(17)15-14)18-10-5-4-8(7-16)6-9(10)13/h4-7,11H,2-3,14H2,1H3,(H,15,17). The third-order valence-corrected chi connectivity index (χ3v) is 2.64. The van der Waals surface area contributed by atoms with Crippen LogP contribution >= 0.6 is 11.6 Å². The maximum atomic E-state index is 11.5. The first kappa shape index (κ1) is 14.5. The number of carbonyl (C=O) groups excluding carboxylic acids is 2. The van der Waals surface area contributed by atoms with Gasteiger partial charge in [-0.25, -0.2) is 5.84 Å². The van der Waals surface area contributed by atoms with Crippen LogP contribution in [0.3, 0.4) is 0 Å². The van der Waals surface area contributed by atoms with Crippen LogP contribution < -0.4 is 16.0 Å². The molecule has 0 aliphatic rings. The van der Waals surface area contributed by atoms with Crippen LogP contribution in [-0.4, -0.2) is 18.3 Å². The molecule has 1 rings (SSSR count). The summed E-state index contributed by atoms with van der Waals surface area (Å²) in [5.41, 5.74) is 2.50. The number of hydrogen-bond donors (Lipinski definition) is 2. The van der Waals surface area contributed by atoms with Crippen molar-refractivity contribution in [1.82, 2.24) is 5.43 Å². The molecule has 0 aliphatic carbocycles. The van der Waals surface area contributed by atoms with E-state index in [4.69, 9.17) is 22.2 Å². The third-order valence-electron chi connectivity index (χ3n) is 2.35. The van der Waals surface area contributed by atoms with Crippen LogP contribution in [0.2, 0.25) is 5.02 Å². The molecule has 5 nitrogen and oxygen atoms in total. The molecule has 1 atom stereocenters. The second-order valence-corrected chi connectivity index (χ2v) is 4.12. The minimum absolute atomic E-state index is 0.283. The van der Waals surface area contributed by atoms with E-state index < -0.39 is 12.0 Å². The van der Waals surface area contributed by atoms with Crippen molar-refractivity contribution in [3.63, 3.8) is 0 Å². The lowest BCUT2D eigenvalue weighted by Gasteiger charge is -2.17. The predicted molar refractivity (Wildman–Crippen MR) is 68.5 cm³/mol. The van der Waals surface area contributed by atoms with Crippen molar-refractivity contribution < 1.29 is 14.3 Å². The Morgan fingerprint density at radius 1 is 1.61 bits per heavy atom. The largest absolute Gasteiger partial charge is 0.479 e. The average Bonchev–Trinajstić information content (AvgIpc) is 2.39. The van der Waals surface area contributed by atoms with E-state index in [-0.39, 0.29) is 5.02 Å². The van der Waals surface area contributed by atoms with Crippen molar-refractivity contribution in [2.24, 2.45) is 5.84 Å². The van der Waals surface area contributed by atoms with Crippen LogP contribution in [0, 0.1) is 0 Å². The highest BCUT2D eigenvalue weighted by atomic mass is 35.5. The van der Waals surface area contributed by atoms with Gasteiger partial charge in [-0.15, -0.1) is 0 Å². The Hall–Kier alpha value is -1.59. The Kier molecular flexibility index (Phi) is 5.61. The smallest absolute Gasteiger partial charge is 0.274 e. The van der Waals surface area contributed by atoms with Crippen LogP contribution in [0.15, 0.2) is 18.2 Å². The lowest BCUT2D eigenvalue weighted by molar-refractivity contribution is -0.128. The Bertz CT molecular complexity index is 437. The second kappa shape index (κ2) is 6.98. The molecule has 0 bridgehead atoms. The van der Waals surface area contributed by atoms with E-state index >= 15 is 0 Å². The van der Waals surface area contributed by atoms with Crippen molar-refractivity contribution in [2.75, 3.05) is 0 Å². The number of rotatable bonds is 6. The van der Waals surface area contributed by atoms with Crippen LogP contribution in [0.5, 0.6) is 5.75 Å². The lowest BCUT2D eigenvalue weighted by Crippen LogP contribution is -2.42. The summed E-state index contributed by atoms with van der Waals surface area (Å²) in [5.74, 6) is 5.02. The van der Waals surface area contributed by atoms with Crippen molar-refractivity contribution in [3.05, 3.63) is 28.8 Å². The molecule has 1 unspecified atom stereocenters. The first-order chi connectivity index (χ1) is 8.62. The minimum Gasteiger partial charge on any atom is -0.479 e. The third kappa shape index (κ3) is 3.72. The first-order valence-electron chi connectivity index (χ1n) is 5.54. The summed E-state index contributed by atoms with van der Waals surface area (Å²) in [6, 6.07) is 4.60. The highest BCUT2D eigenvalue weighted by Crippen LogP contribution is 2.26. The summed E-state index contributed by atoms with van der Waals surface area (Å²) < 4.78 is 5.50. The molecule has 1 aromatic carbocycles. The fraction of sp³-hybridized carbons (Fsp3) is 0.333. The molecule has 3 N–H and O–H groups in total. The maximum absolute atomic E-state index is 11.5. The van der Waals surface area contributed by atoms with Gasteiger partial charge in [0.1, 0.15) is 12.0 Å². The molecular weight excluding hydrogens is 256 g/mol. The number of aldehydes is 1. The van der Waals surface area contributed by atoms with E-state index in [2.05, 4.69) is 0 Å². The van der Waals surface area contributed by atoms with Gasteiger partial charge in [-0.05, 0) is 24.6 Å². The number of nitrogens with two attached hydrogens (primary N) is 1. The first-order valence-corrected chi connectivity index (χ1v) is 5.92. The Morgan fingerprint density at radius 3 is 2.83 bits per heavy atom. The molecule has 98 valence electrons. The van der Waals surface area contributed by atoms with Crippen molar-refractivity contribution in [3.8, 4) is 5.75 Å². The molecule has 0 aromatic heterocycles. The number of hydrogen-bond acceptors (Lipinski definition) is 4.